The monoisotopic (exact) mass is 428 g/mol. The molecule has 3 aromatic rings. The van der Waals surface area contributed by atoms with Gasteiger partial charge in [0.15, 0.2) is 0 Å². The lowest BCUT2D eigenvalue weighted by Gasteiger charge is -2.10. The Balaban J connectivity index is 2.07. The average molecular weight is 429 g/mol. The van der Waals surface area contributed by atoms with Crippen molar-refractivity contribution < 1.29 is 9.84 Å². The molecule has 29 heavy (non-hydrogen) atoms. The van der Waals surface area contributed by atoms with Crippen molar-refractivity contribution in [1.29, 1.82) is 5.26 Å². The number of benzene rings is 2. The molecule has 0 fully saturated rings. The largest absolute Gasteiger partial charge is 0.494 e. The number of aliphatic imine (C=N–C) groups is 1. The lowest BCUT2D eigenvalue weighted by Crippen LogP contribution is -2.31. The number of methoxy groups -OCH3 is 1. The Bertz CT molecular complexity index is 1240. The summed E-state index contributed by atoms with van der Waals surface area (Å²) < 4.78 is 6.19. The van der Waals surface area contributed by atoms with E-state index in [0.717, 1.165) is 22.5 Å². The minimum absolute atomic E-state index is 0.211. The summed E-state index contributed by atoms with van der Waals surface area (Å²) in [5.41, 5.74) is -1.12. The Morgan fingerprint density at radius 1 is 1.28 bits per heavy atom. The predicted molar refractivity (Wildman–Crippen MR) is 111 cm³/mol. The Morgan fingerprint density at radius 3 is 2.66 bits per heavy atom. The number of aromatic nitrogens is 2. The van der Waals surface area contributed by atoms with Crippen LogP contribution in [0.3, 0.4) is 0 Å². The molecule has 0 aliphatic rings. The van der Waals surface area contributed by atoms with Crippen molar-refractivity contribution in [3.63, 3.8) is 0 Å². The molecule has 10 heteroatoms. The van der Waals surface area contributed by atoms with Gasteiger partial charge in [-0.3, -0.25) is 14.8 Å². The second-order valence-electron chi connectivity index (χ2n) is 5.59. The number of ether oxygens (including phenoxy) is 1. The first-order chi connectivity index (χ1) is 13.9. The first kappa shape index (κ1) is 20.3. The van der Waals surface area contributed by atoms with E-state index in [1.165, 1.54) is 19.2 Å². The van der Waals surface area contributed by atoms with Crippen molar-refractivity contribution in [1.82, 2.24) is 9.55 Å². The number of thioether (sulfide) groups is 1. The highest BCUT2D eigenvalue weighted by molar-refractivity contribution is 8.03. The summed E-state index contributed by atoms with van der Waals surface area (Å²) in [4.78, 5) is 31.4. The maximum Gasteiger partial charge on any atom is 0.335 e. The number of aromatic amines is 1. The quantitative estimate of drug-likeness (QED) is 0.365. The maximum absolute atomic E-state index is 12.2. The fraction of sp³-hybridized carbons (Fsp3) is 0.0526. The molecule has 0 amide bonds. The minimum Gasteiger partial charge on any atom is -0.494 e. The Hall–Kier alpha value is -3.48. The molecule has 8 nitrogen and oxygen atoms in total. The zero-order valence-electron chi connectivity index (χ0n) is 14.9. The second-order valence-corrected chi connectivity index (χ2v) is 6.89. The van der Waals surface area contributed by atoms with Gasteiger partial charge in [-0.1, -0.05) is 11.6 Å². The summed E-state index contributed by atoms with van der Waals surface area (Å²) >= 11 is 6.82. The summed E-state index contributed by atoms with van der Waals surface area (Å²) in [7, 11) is 1.44. The third kappa shape index (κ3) is 4.34. The number of hydrogen-bond acceptors (Lipinski definition) is 7. The van der Waals surface area contributed by atoms with Gasteiger partial charge in [0.1, 0.15) is 22.4 Å². The molecule has 1 aromatic heterocycles. The number of H-pyrrole nitrogens is 1. The van der Waals surface area contributed by atoms with E-state index in [9.17, 15) is 14.7 Å². The van der Waals surface area contributed by atoms with Gasteiger partial charge in [0.05, 0.1) is 12.8 Å². The fourth-order valence-electron chi connectivity index (χ4n) is 2.50. The van der Waals surface area contributed by atoms with Crippen molar-refractivity contribution in [3.05, 3.63) is 73.9 Å². The lowest BCUT2D eigenvalue weighted by molar-refractivity contribution is 0.415. The van der Waals surface area contributed by atoms with E-state index in [4.69, 9.17) is 21.6 Å². The van der Waals surface area contributed by atoms with Crippen LogP contribution in [0.1, 0.15) is 5.56 Å². The molecule has 0 unspecified atom stereocenters. The normalized spacial score (nSPS) is 10.8. The SMILES string of the molecule is COc1cc(SC#N)ccc1N=Cc1c(O)n(-c2ccc(Cl)cc2)c(=O)[nH]c1=O. The molecule has 0 saturated carbocycles. The first-order valence-electron chi connectivity index (χ1n) is 8.07. The van der Waals surface area contributed by atoms with Crippen LogP contribution in [0.15, 0.2) is 61.9 Å². The Labute approximate surface area is 173 Å². The number of hydrogen-bond donors (Lipinski definition) is 2. The molecule has 0 saturated heterocycles. The number of rotatable bonds is 5. The van der Waals surface area contributed by atoms with E-state index in [-0.39, 0.29) is 5.56 Å². The van der Waals surface area contributed by atoms with Crippen molar-refractivity contribution in [2.75, 3.05) is 7.11 Å². The van der Waals surface area contributed by atoms with Crippen LogP contribution >= 0.6 is 23.4 Å². The van der Waals surface area contributed by atoms with Crippen LogP contribution in [-0.4, -0.2) is 28.0 Å². The summed E-state index contributed by atoms with van der Waals surface area (Å²) in [5, 5.41) is 21.7. The standard InChI is InChI=1S/C19H13ClN4O4S/c1-28-16-8-13(29-10-21)6-7-15(16)22-9-14-17(25)23-19(27)24(18(14)26)12-4-2-11(20)3-5-12/h2-9,26H,1H3,(H,23,25,27). The van der Waals surface area contributed by atoms with Crippen LogP contribution in [0.25, 0.3) is 5.69 Å². The van der Waals surface area contributed by atoms with Gasteiger partial charge in [0.2, 0.25) is 5.88 Å². The van der Waals surface area contributed by atoms with Gasteiger partial charge < -0.3 is 9.84 Å². The number of halogens is 1. The number of nitriles is 1. The van der Waals surface area contributed by atoms with Gasteiger partial charge in [0, 0.05) is 16.1 Å². The maximum atomic E-state index is 12.2. The average Bonchev–Trinajstić information content (AvgIpc) is 2.70. The highest BCUT2D eigenvalue weighted by Crippen LogP contribution is 2.32. The molecular weight excluding hydrogens is 416 g/mol. The van der Waals surface area contributed by atoms with Crippen molar-refractivity contribution in [2.45, 2.75) is 4.90 Å². The first-order valence-corrected chi connectivity index (χ1v) is 9.26. The van der Waals surface area contributed by atoms with Gasteiger partial charge in [-0.15, -0.1) is 0 Å². The van der Waals surface area contributed by atoms with E-state index < -0.39 is 17.1 Å². The number of aromatic hydroxyl groups is 1. The van der Waals surface area contributed by atoms with Crippen LogP contribution in [0.4, 0.5) is 5.69 Å². The van der Waals surface area contributed by atoms with Gasteiger partial charge in [0.25, 0.3) is 5.56 Å². The molecule has 2 N–H and O–H groups in total. The summed E-state index contributed by atoms with van der Waals surface area (Å²) in [6.45, 7) is 0. The smallest absolute Gasteiger partial charge is 0.335 e. The molecular formula is C19H13ClN4O4S. The highest BCUT2D eigenvalue weighted by Gasteiger charge is 2.14. The molecule has 0 atom stereocenters. The van der Waals surface area contributed by atoms with E-state index >= 15 is 0 Å². The molecule has 0 aliphatic carbocycles. The number of nitrogens with zero attached hydrogens (tertiary/aromatic N) is 3. The van der Waals surface area contributed by atoms with Crippen LogP contribution < -0.4 is 16.0 Å². The van der Waals surface area contributed by atoms with Crippen LogP contribution in [0.5, 0.6) is 11.6 Å². The summed E-state index contributed by atoms with van der Waals surface area (Å²) in [6, 6.07) is 11.0. The topological polar surface area (TPSA) is 120 Å². The lowest BCUT2D eigenvalue weighted by atomic mass is 10.2. The molecule has 0 radical (unpaired) electrons. The third-order valence-electron chi connectivity index (χ3n) is 3.85. The van der Waals surface area contributed by atoms with Crippen molar-refractivity contribution in [2.24, 2.45) is 4.99 Å². The Kier molecular flexibility index (Phi) is 6.07. The van der Waals surface area contributed by atoms with E-state index in [0.29, 0.717) is 27.0 Å². The second kappa shape index (κ2) is 8.68. The summed E-state index contributed by atoms with van der Waals surface area (Å²) in [5.74, 6) is -0.191. The third-order valence-corrected chi connectivity index (χ3v) is 4.69. The number of nitrogens with one attached hydrogen (secondary N) is 1. The van der Waals surface area contributed by atoms with Gasteiger partial charge in [-0.05, 0) is 54.2 Å². The molecule has 146 valence electrons. The van der Waals surface area contributed by atoms with E-state index in [1.807, 2.05) is 5.40 Å². The molecule has 0 aliphatic heterocycles. The van der Waals surface area contributed by atoms with Gasteiger partial charge in [-0.2, -0.15) is 5.26 Å². The van der Waals surface area contributed by atoms with Gasteiger partial charge >= 0.3 is 5.69 Å². The molecule has 3 rings (SSSR count). The van der Waals surface area contributed by atoms with Gasteiger partial charge in [-0.25, -0.2) is 9.36 Å². The van der Waals surface area contributed by atoms with Crippen LogP contribution in [0, 0.1) is 10.7 Å². The zero-order valence-corrected chi connectivity index (χ0v) is 16.5. The fourth-order valence-corrected chi connectivity index (χ4v) is 3.03. The molecule has 1 heterocycles. The zero-order chi connectivity index (χ0) is 21.0. The van der Waals surface area contributed by atoms with Crippen molar-refractivity contribution in [3.8, 4) is 22.7 Å². The predicted octanol–water partition coefficient (Wildman–Crippen LogP) is 3.22. The molecule has 0 spiro atoms. The number of thiocyanates is 1. The van der Waals surface area contributed by atoms with E-state index in [1.54, 1.807) is 30.3 Å². The summed E-state index contributed by atoms with van der Waals surface area (Å²) in [6.07, 6.45) is 1.13. The van der Waals surface area contributed by atoms with E-state index in [2.05, 4.69) is 9.98 Å². The highest BCUT2D eigenvalue weighted by atomic mass is 35.5. The van der Waals surface area contributed by atoms with Crippen LogP contribution in [0.2, 0.25) is 5.02 Å². The molecule has 2 aromatic carbocycles. The molecule has 0 bridgehead atoms. The Morgan fingerprint density at radius 2 is 2.00 bits per heavy atom. The van der Waals surface area contributed by atoms with Crippen molar-refractivity contribution >= 4 is 35.3 Å². The minimum atomic E-state index is -0.803. The van der Waals surface area contributed by atoms with Crippen LogP contribution in [-0.2, 0) is 0 Å².